The number of carbonyl (C=O) groups excluding carboxylic acids is 1. The first-order chi connectivity index (χ1) is 18.6. The Morgan fingerprint density at radius 3 is 2.39 bits per heavy atom. The minimum absolute atomic E-state index is 0.0720. The molecule has 12 heteroatoms. The van der Waals surface area contributed by atoms with Crippen LogP contribution in [0.5, 0.6) is 0 Å². The van der Waals surface area contributed by atoms with Gasteiger partial charge in [-0.3, -0.25) is 14.7 Å². The molecule has 4 aromatic rings. The van der Waals surface area contributed by atoms with E-state index in [1.807, 2.05) is 48.5 Å². The van der Waals surface area contributed by atoms with Crippen LogP contribution in [0.2, 0.25) is 0 Å². The average molecular weight is 517 g/mol. The van der Waals surface area contributed by atoms with Crippen molar-refractivity contribution in [2.45, 2.75) is 43.7 Å². The van der Waals surface area contributed by atoms with Crippen molar-refractivity contribution in [3.63, 3.8) is 0 Å². The van der Waals surface area contributed by atoms with Crippen LogP contribution in [0.3, 0.4) is 0 Å². The Kier molecular flexibility index (Phi) is 6.42. The minimum Gasteiger partial charge on any atom is -0.481 e. The van der Waals surface area contributed by atoms with Gasteiger partial charge in [-0.1, -0.05) is 48.5 Å². The number of aromatic nitrogens is 4. The summed E-state index contributed by atoms with van der Waals surface area (Å²) in [6, 6.07) is 18.1. The van der Waals surface area contributed by atoms with Gasteiger partial charge in [-0.05, 0) is 18.6 Å². The Morgan fingerprint density at radius 2 is 1.63 bits per heavy atom. The summed E-state index contributed by atoms with van der Waals surface area (Å²) in [5, 5.41) is 14.7. The van der Waals surface area contributed by atoms with Gasteiger partial charge < -0.3 is 24.6 Å². The third-order valence-corrected chi connectivity index (χ3v) is 6.46. The standard InChI is InChI=1S/C26H24N6O6/c33-18(34)12-11-17-20-21(38-25(37-20)15-7-3-1-4-8-15)24(36-17)32-14-29-19-22(27-13-28-23(19)32)31-26(35)30-16-9-5-2-6-10-16/h1-10,13-14,17,20-21,24-25H,11-12H2,(H,33,34)(H2,27,28,30,31,35)/t17-,20+,21?,24-,25+/m1/s1. The van der Waals surface area contributed by atoms with Gasteiger partial charge in [-0.25, -0.2) is 19.7 Å². The number of amides is 2. The van der Waals surface area contributed by atoms with Crippen LogP contribution in [0.1, 0.15) is 30.9 Å². The van der Waals surface area contributed by atoms with Crippen LogP contribution in [0.25, 0.3) is 11.2 Å². The van der Waals surface area contributed by atoms with Crippen molar-refractivity contribution in [3.8, 4) is 0 Å². The maximum atomic E-state index is 12.6. The molecule has 2 aromatic carbocycles. The first-order valence-corrected chi connectivity index (χ1v) is 12.1. The van der Waals surface area contributed by atoms with Crippen LogP contribution >= 0.6 is 0 Å². The largest absolute Gasteiger partial charge is 0.481 e. The lowest BCUT2D eigenvalue weighted by Gasteiger charge is -2.21. The molecule has 2 amide bonds. The fraction of sp³-hybridized carbons (Fsp3) is 0.269. The molecule has 1 unspecified atom stereocenters. The molecule has 3 N–H and O–H groups in total. The maximum absolute atomic E-state index is 12.6. The molecule has 0 spiro atoms. The second-order valence-corrected chi connectivity index (χ2v) is 8.93. The lowest BCUT2D eigenvalue weighted by molar-refractivity contribution is -0.151. The molecule has 2 aliphatic rings. The van der Waals surface area contributed by atoms with E-state index in [4.69, 9.17) is 14.2 Å². The number of fused-ring (bicyclic) bond motifs is 2. The molecule has 2 fully saturated rings. The lowest BCUT2D eigenvalue weighted by atomic mass is 10.1. The fourth-order valence-corrected chi connectivity index (χ4v) is 4.75. The maximum Gasteiger partial charge on any atom is 0.324 e. The molecule has 0 radical (unpaired) electrons. The lowest BCUT2D eigenvalue weighted by Crippen LogP contribution is -2.29. The van der Waals surface area contributed by atoms with E-state index >= 15 is 0 Å². The highest BCUT2D eigenvalue weighted by Gasteiger charge is 2.53. The zero-order valence-electron chi connectivity index (χ0n) is 20.0. The summed E-state index contributed by atoms with van der Waals surface area (Å²) in [5.74, 6) is -0.692. The van der Waals surface area contributed by atoms with Crippen LogP contribution in [0.15, 0.2) is 73.3 Å². The molecule has 0 saturated carbocycles. The number of carbonyl (C=O) groups is 2. The van der Waals surface area contributed by atoms with Crippen LogP contribution < -0.4 is 10.6 Å². The molecule has 6 rings (SSSR count). The quantitative estimate of drug-likeness (QED) is 0.334. The Hall–Kier alpha value is -4.39. The first kappa shape index (κ1) is 24.0. The molecule has 5 atom stereocenters. The molecule has 2 aliphatic heterocycles. The van der Waals surface area contributed by atoms with E-state index in [1.54, 1.807) is 23.0 Å². The predicted octanol–water partition coefficient (Wildman–Crippen LogP) is 3.72. The molecule has 12 nitrogen and oxygen atoms in total. The van der Waals surface area contributed by atoms with Gasteiger partial charge >= 0.3 is 12.0 Å². The number of nitrogens with zero attached hydrogens (tertiary/aromatic N) is 4. The number of hydrogen-bond acceptors (Lipinski definition) is 8. The number of para-hydroxylation sites is 1. The van der Waals surface area contributed by atoms with Crippen molar-refractivity contribution >= 4 is 34.7 Å². The minimum atomic E-state index is -0.919. The molecule has 194 valence electrons. The van der Waals surface area contributed by atoms with Crippen molar-refractivity contribution < 1.29 is 28.9 Å². The highest BCUT2D eigenvalue weighted by Crippen LogP contribution is 2.45. The summed E-state index contributed by atoms with van der Waals surface area (Å²) in [7, 11) is 0. The number of ether oxygens (including phenoxy) is 3. The van der Waals surface area contributed by atoms with Crippen LogP contribution in [0.4, 0.5) is 16.3 Å². The molecule has 2 saturated heterocycles. The van der Waals surface area contributed by atoms with E-state index < -0.39 is 42.8 Å². The molecule has 2 aromatic heterocycles. The topological polar surface area (TPSA) is 150 Å². The van der Waals surface area contributed by atoms with Crippen molar-refractivity contribution in [3.05, 3.63) is 78.9 Å². The van der Waals surface area contributed by atoms with Gasteiger partial charge in [0.2, 0.25) is 0 Å². The molecule has 0 aliphatic carbocycles. The number of carboxylic acids is 1. The van der Waals surface area contributed by atoms with Crippen molar-refractivity contribution in [2.75, 3.05) is 10.6 Å². The Labute approximate surface area is 216 Å². The number of aliphatic carboxylic acids is 1. The van der Waals surface area contributed by atoms with Gasteiger partial charge in [-0.2, -0.15) is 0 Å². The zero-order valence-corrected chi connectivity index (χ0v) is 20.0. The zero-order chi connectivity index (χ0) is 26.1. The smallest absolute Gasteiger partial charge is 0.324 e. The number of carboxylic acid groups (broad SMARTS) is 1. The number of imidazole rings is 1. The van der Waals surface area contributed by atoms with Gasteiger partial charge in [0.15, 0.2) is 29.5 Å². The number of benzene rings is 2. The van der Waals surface area contributed by atoms with Gasteiger partial charge in [0.25, 0.3) is 0 Å². The highest BCUT2D eigenvalue weighted by molar-refractivity contribution is 6.02. The van der Waals surface area contributed by atoms with Crippen LogP contribution in [-0.4, -0.2) is 54.9 Å². The summed E-state index contributed by atoms with van der Waals surface area (Å²) >= 11 is 0. The van der Waals surface area contributed by atoms with Crippen molar-refractivity contribution in [2.24, 2.45) is 0 Å². The molecule has 0 bridgehead atoms. The van der Waals surface area contributed by atoms with Crippen molar-refractivity contribution in [1.82, 2.24) is 19.5 Å². The van der Waals surface area contributed by atoms with E-state index in [0.717, 1.165) is 5.56 Å². The number of urea groups is 1. The van der Waals surface area contributed by atoms with E-state index in [0.29, 0.717) is 16.9 Å². The van der Waals surface area contributed by atoms with Gasteiger partial charge in [-0.15, -0.1) is 0 Å². The summed E-state index contributed by atoms with van der Waals surface area (Å²) < 4.78 is 20.5. The second kappa shape index (κ2) is 10.2. The molecule has 4 heterocycles. The number of rotatable bonds is 7. The Morgan fingerprint density at radius 1 is 0.895 bits per heavy atom. The number of hydrogen-bond donors (Lipinski definition) is 3. The number of nitrogens with one attached hydrogen (secondary N) is 2. The van der Waals surface area contributed by atoms with Crippen LogP contribution in [-0.2, 0) is 19.0 Å². The SMILES string of the molecule is O=C(O)CC[C@H]1O[C@@H](n2cnc3c(NC(=O)Nc4ccccc4)ncnc32)C2O[C@@H](c3ccccc3)O[C@H]21. The number of anilines is 2. The van der Waals surface area contributed by atoms with Crippen molar-refractivity contribution in [1.29, 1.82) is 0 Å². The normalized spacial score (nSPS) is 24.3. The average Bonchev–Trinajstić information content (AvgIpc) is 3.63. The third kappa shape index (κ3) is 4.67. The van der Waals surface area contributed by atoms with Crippen LogP contribution in [0, 0.1) is 0 Å². The molecular weight excluding hydrogens is 492 g/mol. The van der Waals surface area contributed by atoms with E-state index in [9.17, 15) is 14.7 Å². The predicted molar refractivity (Wildman–Crippen MR) is 134 cm³/mol. The fourth-order valence-electron chi connectivity index (χ4n) is 4.75. The summed E-state index contributed by atoms with van der Waals surface area (Å²) in [4.78, 5) is 36.8. The Balaban J connectivity index is 1.26. The monoisotopic (exact) mass is 516 g/mol. The summed E-state index contributed by atoms with van der Waals surface area (Å²) in [6.45, 7) is 0. The van der Waals surface area contributed by atoms with Gasteiger partial charge in [0.1, 0.15) is 18.5 Å². The van der Waals surface area contributed by atoms with Gasteiger partial charge in [0, 0.05) is 17.7 Å². The van der Waals surface area contributed by atoms with E-state index in [1.165, 1.54) is 6.33 Å². The second-order valence-electron chi connectivity index (χ2n) is 8.93. The third-order valence-electron chi connectivity index (χ3n) is 6.46. The molecule has 38 heavy (non-hydrogen) atoms. The summed E-state index contributed by atoms with van der Waals surface area (Å²) in [5.41, 5.74) is 2.27. The highest BCUT2D eigenvalue weighted by atomic mass is 16.8. The first-order valence-electron chi connectivity index (χ1n) is 12.1. The van der Waals surface area contributed by atoms with Gasteiger partial charge in [0.05, 0.1) is 12.4 Å². The summed E-state index contributed by atoms with van der Waals surface area (Å²) in [6.07, 6.45) is 0.215. The van der Waals surface area contributed by atoms with E-state index in [2.05, 4.69) is 25.6 Å². The Bertz CT molecular complexity index is 1450. The van der Waals surface area contributed by atoms with E-state index in [-0.39, 0.29) is 18.7 Å². The molecular formula is C26H24N6O6.